The minimum atomic E-state index is -3.45. The Morgan fingerprint density at radius 3 is 1.43 bits per heavy atom. The minimum Gasteiger partial charge on any atom is -0.477 e. The highest BCUT2D eigenvalue weighted by molar-refractivity contribution is 5.77. The van der Waals surface area contributed by atoms with Crippen LogP contribution in [-0.4, -0.2) is 266 Å². The smallest absolute Gasteiger partial charge is 0.364 e. The van der Waals surface area contributed by atoms with Gasteiger partial charge >= 0.3 is 23.9 Å². The van der Waals surface area contributed by atoms with E-state index in [1.807, 2.05) is 0 Å². The average Bonchev–Trinajstić information content (AvgIpc) is 3.21. The second kappa shape index (κ2) is 21.6. The lowest BCUT2D eigenvalue weighted by molar-refractivity contribution is -0.373. The normalized spacial score (nSPS) is 42.9. The molecule has 29 heteroatoms. The van der Waals surface area contributed by atoms with Crippen LogP contribution in [0.25, 0.3) is 0 Å². The number of carbonyl (C=O) groups excluding carboxylic acids is 2. The van der Waals surface area contributed by atoms with Crippen molar-refractivity contribution in [1.29, 1.82) is 0 Å². The van der Waals surface area contributed by atoms with Crippen molar-refractivity contribution < 1.29 is 144 Å². The Morgan fingerprint density at radius 2 is 1.05 bits per heavy atom. The van der Waals surface area contributed by atoms with Crippen LogP contribution < -0.4 is 0 Å². The topological polar surface area (TPSA) is 475 Å². The number of hydrogen-bond acceptors (Lipinski definition) is 27. The van der Waals surface area contributed by atoms with Crippen LogP contribution in [0.1, 0.15) is 26.7 Å². The Bertz CT molecular complexity index is 1560. The predicted molar refractivity (Wildman–Crippen MR) is 187 cm³/mol. The average molecular weight is 927 g/mol. The second-order valence-corrected chi connectivity index (χ2v) is 15.3. The van der Waals surface area contributed by atoms with Crippen molar-refractivity contribution in [1.82, 2.24) is 0 Å². The van der Waals surface area contributed by atoms with Crippen molar-refractivity contribution in [2.45, 2.75) is 161 Å². The summed E-state index contributed by atoms with van der Waals surface area (Å²) in [6.45, 7) is -2.07. The second-order valence-electron chi connectivity index (χ2n) is 15.3. The van der Waals surface area contributed by atoms with Gasteiger partial charge in [0.2, 0.25) is 0 Å². The first kappa shape index (κ1) is 52.7. The third-order valence-corrected chi connectivity index (χ3v) is 10.6. The van der Waals surface area contributed by atoms with Crippen LogP contribution in [-0.2, 0) is 61.8 Å². The van der Waals surface area contributed by atoms with E-state index in [1.54, 1.807) is 0 Å². The third kappa shape index (κ3) is 11.7. The zero-order valence-corrected chi connectivity index (χ0v) is 33.3. The molecule has 29 nitrogen and oxygen atoms in total. The fourth-order valence-corrected chi connectivity index (χ4v) is 7.27. The number of carboxylic acid groups (broad SMARTS) is 2. The van der Waals surface area contributed by atoms with Crippen LogP contribution in [0, 0.1) is 0 Å². The molecule has 364 valence electrons. The largest absolute Gasteiger partial charge is 0.477 e. The molecule has 4 saturated heterocycles. The maximum atomic E-state index is 12.8. The molecular formula is C34H54O29. The molecule has 0 aliphatic carbocycles. The van der Waals surface area contributed by atoms with Crippen molar-refractivity contribution in [3.8, 4) is 0 Å². The van der Waals surface area contributed by atoms with E-state index >= 15 is 0 Å². The van der Waals surface area contributed by atoms with Crippen LogP contribution >= 0.6 is 0 Å². The molecule has 4 heterocycles. The summed E-state index contributed by atoms with van der Waals surface area (Å²) in [4.78, 5) is 48.0. The fourth-order valence-electron chi connectivity index (χ4n) is 7.27. The first-order valence-electron chi connectivity index (χ1n) is 19.1. The van der Waals surface area contributed by atoms with Gasteiger partial charge in [-0.15, -0.1) is 0 Å². The quantitative estimate of drug-likeness (QED) is 0.0568. The van der Waals surface area contributed by atoms with E-state index < -0.39 is 197 Å². The van der Waals surface area contributed by atoms with E-state index in [1.165, 1.54) is 0 Å². The number of ether oxygens (including phenoxy) is 9. The summed E-state index contributed by atoms with van der Waals surface area (Å²) in [6.07, 6.45) is -43.7. The zero-order chi connectivity index (χ0) is 47.5. The van der Waals surface area contributed by atoms with Gasteiger partial charge in [-0.1, -0.05) is 0 Å². The van der Waals surface area contributed by atoms with Crippen molar-refractivity contribution in [3.63, 3.8) is 0 Å². The number of aliphatic hydroxyl groups excluding tert-OH is 13. The summed E-state index contributed by atoms with van der Waals surface area (Å²) in [5.41, 5.74) is 0. The van der Waals surface area contributed by atoms with Gasteiger partial charge in [-0.05, 0) is 0 Å². The molecule has 4 fully saturated rings. The molecule has 4 aliphatic rings. The van der Waals surface area contributed by atoms with Crippen LogP contribution in [0.2, 0.25) is 0 Å². The van der Waals surface area contributed by atoms with Gasteiger partial charge in [0.05, 0.1) is 38.6 Å². The predicted octanol–water partition coefficient (Wildman–Crippen LogP) is -10.2. The van der Waals surface area contributed by atoms with E-state index in [0.717, 1.165) is 13.8 Å². The number of carbonyl (C=O) groups is 4. The van der Waals surface area contributed by atoms with Crippen molar-refractivity contribution >= 4 is 23.9 Å². The molecule has 0 bridgehead atoms. The molecule has 0 aromatic heterocycles. The monoisotopic (exact) mass is 926 g/mol. The number of carboxylic acids is 2. The van der Waals surface area contributed by atoms with E-state index in [-0.39, 0.29) is 0 Å². The molecule has 63 heavy (non-hydrogen) atoms. The highest BCUT2D eigenvalue weighted by Gasteiger charge is 2.61. The molecule has 0 saturated carbocycles. The molecule has 22 atom stereocenters. The van der Waals surface area contributed by atoms with E-state index in [0.29, 0.717) is 0 Å². The minimum absolute atomic E-state index is 0.880. The summed E-state index contributed by atoms with van der Waals surface area (Å²) in [5, 5.41) is 169. The summed E-state index contributed by atoms with van der Waals surface area (Å²) in [5.74, 6) is -13.1. The van der Waals surface area contributed by atoms with Gasteiger partial charge in [0, 0.05) is 26.7 Å². The molecule has 0 unspecified atom stereocenters. The molecule has 0 amide bonds. The van der Waals surface area contributed by atoms with Gasteiger partial charge in [0.1, 0.15) is 85.5 Å². The van der Waals surface area contributed by atoms with Crippen LogP contribution in [0.4, 0.5) is 0 Å². The standard InChI is InChI=1S/C34H54O29/c1-9(37)57-25-21(46)15(5-35)59-29(23(25)48)55-7-12(40)18(43)27-17(42)11(39)3-34(63-27,32(52)53)61-14-4-33(54,31(50)51)62-28(20(14)45)19(44)13(41)8-56-30-24(49)26(58-10(2)38)22(47)16(6-36)60-30/h11-30,35-36,39-49,54H,3-8H2,1-2H3,(H,50,51)(H,52,53)/t11-,12+,13+,14-,15+,16+,17+,18+,19+,20+,21-,22-,23+,24+,25-,26-,27+,28-,29+,30+,33-,34+/m0/s1. The zero-order valence-electron chi connectivity index (χ0n) is 33.3. The number of aliphatic hydroxyl groups is 14. The van der Waals surface area contributed by atoms with E-state index in [2.05, 4.69) is 0 Å². The van der Waals surface area contributed by atoms with Gasteiger partial charge in [0.15, 0.2) is 24.8 Å². The molecule has 0 aromatic carbocycles. The van der Waals surface area contributed by atoms with Gasteiger partial charge in [-0.25, -0.2) is 9.59 Å². The summed E-state index contributed by atoms with van der Waals surface area (Å²) in [6, 6.07) is 0. The lowest BCUT2D eigenvalue weighted by atomic mass is 9.88. The Hall–Kier alpha value is -2.96. The maximum absolute atomic E-state index is 12.8. The summed E-state index contributed by atoms with van der Waals surface area (Å²) in [7, 11) is 0. The number of aliphatic carboxylic acids is 2. The molecule has 0 aromatic rings. The number of esters is 2. The number of hydrogen-bond donors (Lipinski definition) is 16. The van der Waals surface area contributed by atoms with Gasteiger partial charge < -0.3 is 124 Å². The fraction of sp³-hybridized carbons (Fsp3) is 0.882. The Labute approximate surface area is 354 Å². The maximum Gasteiger partial charge on any atom is 0.364 e. The first-order valence-corrected chi connectivity index (χ1v) is 19.1. The van der Waals surface area contributed by atoms with E-state index in [9.17, 15) is 101 Å². The van der Waals surface area contributed by atoms with Crippen molar-refractivity contribution in [2.75, 3.05) is 26.4 Å². The highest BCUT2D eigenvalue weighted by atomic mass is 16.8. The molecular weight excluding hydrogens is 872 g/mol. The molecule has 0 spiro atoms. The van der Waals surface area contributed by atoms with Crippen LogP contribution in [0.5, 0.6) is 0 Å². The summed E-state index contributed by atoms with van der Waals surface area (Å²) < 4.78 is 46.6. The van der Waals surface area contributed by atoms with Gasteiger partial charge in [-0.3, -0.25) is 9.59 Å². The SMILES string of the molecule is CC(=O)O[C@H]1[C@@H](O)[C@@H](CO)O[C@@H](OC[C@@H](O)[C@@H](O)[C@@H]2O[C@](O)(C(=O)O)C[C@H](O[C@]3(C(=O)O)C[C@H](O)[C@@H](O)[C@H]([C@H](O)[C@H](O)CO[C@@H]4O[C@H](CO)[C@H](O)[C@H](OC(C)=O)[C@H]4O)O3)[C@H]2O)[C@@H]1O. The lowest BCUT2D eigenvalue weighted by Gasteiger charge is -2.49. The molecule has 16 N–H and O–H groups in total. The van der Waals surface area contributed by atoms with Crippen molar-refractivity contribution in [2.24, 2.45) is 0 Å². The highest BCUT2D eigenvalue weighted by Crippen LogP contribution is 2.40. The lowest BCUT2D eigenvalue weighted by Crippen LogP contribution is -2.68. The van der Waals surface area contributed by atoms with Gasteiger partial charge in [0.25, 0.3) is 11.6 Å². The molecule has 4 rings (SSSR count). The van der Waals surface area contributed by atoms with Gasteiger partial charge in [-0.2, -0.15) is 0 Å². The molecule has 4 aliphatic heterocycles. The first-order chi connectivity index (χ1) is 29.3. The van der Waals surface area contributed by atoms with E-state index in [4.69, 9.17) is 42.6 Å². The number of rotatable bonds is 18. The summed E-state index contributed by atoms with van der Waals surface area (Å²) >= 11 is 0. The van der Waals surface area contributed by atoms with Crippen LogP contribution in [0.3, 0.4) is 0 Å². The Morgan fingerprint density at radius 1 is 0.619 bits per heavy atom. The molecule has 0 radical (unpaired) electrons. The third-order valence-electron chi connectivity index (χ3n) is 10.6. The van der Waals surface area contributed by atoms with Crippen LogP contribution in [0.15, 0.2) is 0 Å². The Kier molecular flexibility index (Phi) is 18.0. The Balaban J connectivity index is 1.51. The van der Waals surface area contributed by atoms with Crippen molar-refractivity contribution in [3.05, 3.63) is 0 Å².